The molecule has 6 fully saturated rings. The fourth-order valence-electron chi connectivity index (χ4n) is 8.26. The van der Waals surface area contributed by atoms with Crippen LogP contribution in [0.2, 0.25) is 0 Å². The molecule has 0 amide bonds. The van der Waals surface area contributed by atoms with Crippen LogP contribution >= 0.6 is 0 Å². The summed E-state index contributed by atoms with van der Waals surface area (Å²) in [5.74, 6) is 6.49. The fourth-order valence-corrected chi connectivity index (χ4v) is 8.26. The molecule has 0 saturated heterocycles. The minimum atomic E-state index is -0.846. The molecule has 0 aromatic heterocycles. The summed E-state index contributed by atoms with van der Waals surface area (Å²) >= 11 is 0. The lowest BCUT2D eigenvalue weighted by Gasteiger charge is -2.47. The Labute approximate surface area is 138 Å². The van der Waals surface area contributed by atoms with Crippen molar-refractivity contribution in [3.63, 3.8) is 0 Å². The highest BCUT2D eigenvalue weighted by Crippen LogP contribution is 2.96. The molecule has 6 aliphatic rings. The first kappa shape index (κ1) is 13.7. The predicted molar refractivity (Wildman–Crippen MR) is 86.2 cm³/mol. The monoisotopic (exact) mass is 315 g/mol. The summed E-state index contributed by atoms with van der Waals surface area (Å²) in [5.41, 5.74) is 5.77. The lowest BCUT2D eigenvalue weighted by molar-refractivity contribution is -0.181. The highest BCUT2D eigenvalue weighted by molar-refractivity contribution is 5.81. The van der Waals surface area contributed by atoms with Crippen LogP contribution in [-0.4, -0.2) is 17.1 Å². The van der Waals surface area contributed by atoms with Crippen LogP contribution in [0.4, 0.5) is 0 Å². The summed E-state index contributed by atoms with van der Waals surface area (Å²) in [4.78, 5) is 12.7. The van der Waals surface area contributed by atoms with Gasteiger partial charge in [0.15, 0.2) is 0 Å². The first-order valence-electron chi connectivity index (χ1n) is 9.87. The van der Waals surface area contributed by atoms with E-state index >= 15 is 0 Å². The van der Waals surface area contributed by atoms with E-state index in [0.29, 0.717) is 11.3 Å². The molecule has 0 heterocycles. The number of carbonyl (C=O) groups excluding carboxylic acids is 1. The fraction of sp³-hybridized carbons (Fsp3) is 0.950. The minimum Gasteiger partial charge on any atom is -0.457 e. The van der Waals surface area contributed by atoms with Gasteiger partial charge in [-0.05, 0) is 80.5 Å². The van der Waals surface area contributed by atoms with Crippen molar-refractivity contribution in [1.82, 2.24) is 0 Å². The van der Waals surface area contributed by atoms with Gasteiger partial charge in [-0.25, -0.2) is 0 Å². The molecule has 0 aromatic rings. The van der Waals surface area contributed by atoms with E-state index in [1.54, 1.807) is 0 Å². The largest absolute Gasteiger partial charge is 0.457 e. The Bertz CT molecular complexity index is 627. The summed E-state index contributed by atoms with van der Waals surface area (Å²) in [6.45, 7) is 5.88. The average molecular weight is 315 g/mol. The van der Waals surface area contributed by atoms with Crippen molar-refractivity contribution < 1.29 is 9.53 Å². The topological polar surface area (TPSA) is 52.3 Å². The van der Waals surface area contributed by atoms with Gasteiger partial charge in [-0.1, -0.05) is 13.8 Å². The molecule has 0 radical (unpaired) electrons. The quantitative estimate of drug-likeness (QED) is 0.815. The molecule has 23 heavy (non-hydrogen) atoms. The van der Waals surface area contributed by atoms with E-state index in [1.165, 1.54) is 25.7 Å². The third-order valence-electron chi connectivity index (χ3n) is 9.68. The van der Waals surface area contributed by atoms with Crippen molar-refractivity contribution >= 4 is 5.97 Å². The summed E-state index contributed by atoms with van der Waals surface area (Å²) in [6, 6.07) is 0. The van der Waals surface area contributed by atoms with Gasteiger partial charge in [0.05, 0.1) is 0 Å². The first-order chi connectivity index (χ1) is 10.8. The number of rotatable bonds is 3. The van der Waals surface area contributed by atoms with Crippen molar-refractivity contribution in [2.75, 3.05) is 0 Å². The summed E-state index contributed by atoms with van der Waals surface area (Å²) in [5, 5.41) is 0. The Morgan fingerprint density at radius 1 is 1.17 bits per heavy atom. The SMILES string of the molecule is CC(C)C(C)(N)C(=O)OC12CC1C1C3C4CCC(C4)C3C3CC312. The Morgan fingerprint density at radius 3 is 2.57 bits per heavy atom. The first-order valence-corrected chi connectivity index (χ1v) is 9.87. The van der Waals surface area contributed by atoms with Crippen LogP contribution in [0.15, 0.2) is 0 Å². The molecule has 10 unspecified atom stereocenters. The molecule has 3 nitrogen and oxygen atoms in total. The molecule has 6 rings (SSSR count). The molecular weight excluding hydrogens is 286 g/mol. The van der Waals surface area contributed by atoms with Crippen LogP contribution < -0.4 is 5.73 Å². The second-order valence-electron chi connectivity index (χ2n) is 10.4. The van der Waals surface area contributed by atoms with E-state index < -0.39 is 5.54 Å². The molecule has 1 spiro atoms. The van der Waals surface area contributed by atoms with E-state index in [-0.39, 0.29) is 17.5 Å². The number of nitrogens with two attached hydrogens (primary N) is 1. The maximum absolute atomic E-state index is 12.7. The number of ether oxygens (including phenoxy) is 1. The molecule has 126 valence electrons. The number of hydrogen-bond acceptors (Lipinski definition) is 3. The molecular formula is C20H29NO2. The van der Waals surface area contributed by atoms with Gasteiger partial charge in [0, 0.05) is 11.3 Å². The van der Waals surface area contributed by atoms with Crippen molar-refractivity contribution in [3.8, 4) is 0 Å². The van der Waals surface area contributed by atoms with Crippen LogP contribution in [0.3, 0.4) is 0 Å². The molecule has 0 aromatic carbocycles. The number of fused-ring (bicyclic) bond motifs is 9. The summed E-state index contributed by atoms with van der Waals surface area (Å²) in [7, 11) is 0. The van der Waals surface area contributed by atoms with Gasteiger partial charge in [-0.15, -0.1) is 0 Å². The van der Waals surface area contributed by atoms with Gasteiger partial charge < -0.3 is 10.5 Å². The van der Waals surface area contributed by atoms with E-state index in [1.807, 2.05) is 20.8 Å². The van der Waals surface area contributed by atoms with E-state index in [4.69, 9.17) is 10.5 Å². The summed E-state index contributed by atoms with van der Waals surface area (Å²) < 4.78 is 6.22. The highest BCUT2D eigenvalue weighted by Gasteiger charge is 2.97. The normalized spacial score (nSPS) is 61.9. The van der Waals surface area contributed by atoms with Gasteiger partial charge in [0.25, 0.3) is 0 Å². The Kier molecular flexibility index (Phi) is 2.09. The zero-order chi connectivity index (χ0) is 15.9. The molecule has 0 aliphatic heterocycles. The molecule has 10 atom stereocenters. The van der Waals surface area contributed by atoms with Gasteiger partial charge in [-0.2, -0.15) is 0 Å². The Morgan fingerprint density at radius 2 is 1.87 bits per heavy atom. The van der Waals surface area contributed by atoms with Gasteiger partial charge >= 0.3 is 5.97 Å². The molecule has 2 bridgehead atoms. The lowest BCUT2D eigenvalue weighted by atomic mass is 9.62. The number of esters is 1. The zero-order valence-electron chi connectivity index (χ0n) is 14.5. The molecule has 6 aliphatic carbocycles. The highest BCUT2D eigenvalue weighted by atomic mass is 16.6. The third-order valence-corrected chi connectivity index (χ3v) is 9.68. The predicted octanol–water partition coefficient (Wildman–Crippen LogP) is 2.97. The van der Waals surface area contributed by atoms with Gasteiger partial charge in [-0.3, -0.25) is 4.79 Å². The van der Waals surface area contributed by atoms with Crippen molar-refractivity contribution in [1.29, 1.82) is 0 Å². The van der Waals surface area contributed by atoms with Crippen LogP contribution in [-0.2, 0) is 9.53 Å². The third kappa shape index (κ3) is 1.19. The van der Waals surface area contributed by atoms with E-state index in [2.05, 4.69) is 0 Å². The van der Waals surface area contributed by atoms with Crippen molar-refractivity contribution in [2.24, 2.45) is 58.5 Å². The van der Waals surface area contributed by atoms with Crippen molar-refractivity contribution in [3.05, 3.63) is 0 Å². The lowest BCUT2D eigenvalue weighted by Crippen LogP contribution is -2.57. The van der Waals surface area contributed by atoms with Gasteiger partial charge in [0.2, 0.25) is 0 Å². The summed E-state index contributed by atoms with van der Waals surface area (Å²) in [6.07, 6.45) is 6.99. The zero-order valence-corrected chi connectivity index (χ0v) is 14.5. The van der Waals surface area contributed by atoms with E-state index in [0.717, 1.165) is 41.9 Å². The molecule has 2 N–H and O–H groups in total. The van der Waals surface area contributed by atoms with Crippen LogP contribution in [0.1, 0.15) is 52.9 Å². The Balaban J connectivity index is 1.28. The smallest absolute Gasteiger partial charge is 0.326 e. The van der Waals surface area contributed by atoms with Crippen molar-refractivity contribution in [2.45, 2.75) is 64.0 Å². The minimum absolute atomic E-state index is 0.0707. The average Bonchev–Trinajstić information content (AvgIpc) is 3.21. The Hall–Kier alpha value is -0.570. The molecule has 3 heteroatoms. The molecule has 6 saturated carbocycles. The second-order valence-corrected chi connectivity index (χ2v) is 10.4. The second kappa shape index (κ2) is 3.52. The number of hydrogen-bond donors (Lipinski definition) is 1. The maximum atomic E-state index is 12.7. The standard InChI is InChI=1S/C20H29NO2/c1-9(2)18(3,21)17(22)23-20-8-13(20)16-15-11-5-4-10(6-11)14(15)12-7-19(12,16)20/h9-16H,4-8,21H2,1-3H3. The van der Waals surface area contributed by atoms with Crippen LogP contribution in [0, 0.1) is 52.8 Å². The maximum Gasteiger partial charge on any atom is 0.326 e. The van der Waals surface area contributed by atoms with Gasteiger partial charge in [0.1, 0.15) is 11.1 Å². The van der Waals surface area contributed by atoms with E-state index in [9.17, 15) is 4.79 Å². The van der Waals surface area contributed by atoms with Crippen LogP contribution in [0.25, 0.3) is 0 Å². The van der Waals surface area contributed by atoms with Crippen LogP contribution in [0.5, 0.6) is 0 Å². The number of carbonyl (C=O) groups is 1.